The van der Waals surface area contributed by atoms with Crippen LogP contribution in [0.5, 0.6) is 0 Å². The minimum Gasteiger partial charge on any atom is -0.359 e. The van der Waals surface area contributed by atoms with Crippen LogP contribution in [0.25, 0.3) is 0 Å². The summed E-state index contributed by atoms with van der Waals surface area (Å²) in [5, 5.41) is 5.90. The number of nitrogens with zero attached hydrogens (tertiary/aromatic N) is 4. The zero-order valence-corrected chi connectivity index (χ0v) is 18.0. The van der Waals surface area contributed by atoms with Crippen molar-refractivity contribution in [3.05, 3.63) is 68.5 Å². The number of thiophene rings is 1. The molecule has 152 valence electrons. The number of aryl methyl sites for hydroxylation is 2. The monoisotopic (exact) mass is 410 g/mol. The standard InChI is InChI=1S/C22H26N4O2S/c1-4-16-5-6-17(23-10-16)11-26-8-7-19-20(14-29-21(19)13-26)22(27)25(3)12-18-9-15(2)24-28-18/h5-6,9-10,14H,4,7-8,11-13H2,1-3H3. The number of rotatable bonds is 6. The fourth-order valence-corrected chi connectivity index (χ4v) is 4.80. The van der Waals surface area contributed by atoms with E-state index in [4.69, 9.17) is 4.52 Å². The number of hydrogen-bond acceptors (Lipinski definition) is 6. The van der Waals surface area contributed by atoms with Crippen molar-refractivity contribution in [1.82, 2.24) is 19.9 Å². The van der Waals surface area contributed by atoms with Gasteiger partial charge in [0.1, 0.15) is 0 Å². The van der Waals surface area contributed by atoms with E-state index >= 15 is 0 Å². The maximum Gasteiger partial charge on any atom is 0.255 e. The lowest BCUT2D eigenvalue weighted by molar-refractivity contribution is 0.0771. The summed E-state index contributed by atoms with van der Waals surface area (Å²) < 4.78 is 5.25. The molecule has 0 saturated carbocycles. The van der Waals surface area contributed by atoms with Crippen LogP contribution in [0.1, 0.15) is 50.4 Å². The van der Waals surface area contributed by atoms with E-state index in [2.05, 4.69) is 34.1 Å². The fourth-order valence-electron chi connectivity index (χ4n) is 3.68. The number of aromatic nitrogens is 2. The Labute approximate surface area is 175 Å². The summed E-state index contributed by atoms with van der Waals surface area (Å²) in [5.74, 6) is 0.747. The molecule has 0 atom stereocenters. The average Bonchev–Trinajstić information content (AvgIpc) is 3.33. The van der Waals surface area contributed by atoms with Crippen LogP contribution in [0.15, 0.2) is 34.3 Å². The second-order valence-electron chi connectivity index (χ2n) is 7.62. The number of carbonyl (C=O) groups is 1. The van der Waals surface area contributed by atoms with Gasteiger partial charge in [-0.05, 0) is 37.0 Å². The van der Waals surface area contributed by atoms with Gasteiger partial charge in [0.25, 0.3) is 5.91 Å². The van der Waals surface area contributed by atoms with Gasteiger partial charge in [0, 0.05) is 49.2 Å². The molecule has 3 aromatic heterocycles. The Morgan fingerprint density at radius 2 is 2.24 bits per heavy atom. The highest BCUT2D eigenvalue weighted by Crippen LogP contribution is 2.30. The SMILES string of the molecule is CCc1ccc(CN2CCc3c(C(=O)N(C)Cc4cc(C)no4)csc3C2)nc1. The molecule has 0 aromatic carbocycles. The molecule has 0 unspecified atom stereocenters. The molecule has 29 heavy (non-hydrogen) atoms. The lowest BCUT2D eigenvalue weighted by Crippen LogP contribution is -2.31. The van der Waals surface area contributed by atoms with Crippen LogP contribution >= 0.6 is 11.3 Å². The zero-order valence-electron chi connectivity index (χ0n) is 17.1. The molecule has 1 aliphatic rings. The Balaban J connectivity index is 1.41. The van der Waals surface area contributed by atoms with E-state index < -0.39 is 0 Å². The average molecular weight is 411 g/mol. The number of amides is 1. The van der Waals surface area contributed by atoms with Crippen LogP contribution in [0.4, 0.5) is 0 Å². The second kappa shape index (κ2) is 8.47. The lowest BCUT2D eigenvalue weighted by Gasteiger charge is -2.27. The summed E-state index contributed by atoms with van der Waals surface area (Å²) in [6.45, 7) is 7.10. The Bertz CT molecular complexity index is 993. The van der Waals surface area contributed by atoms with Crippen LogP contribution in [0.2, 0.25) is 0 Å². The van der Waals surface area contributed by atoms with Gasteiger partial charge in [-0.15, -0.1) is 11.3 Å². The quantitative estimate of drug-likeness (QED) is 0.618. The Kier molecular flexibility index (Phi) is 5.78. The third-order valence-corrected chi connectivity index (χ3v) is 6.37. The van der Waals surface area contributed by atoms with Crippen molar-refractivity contribution in [1.29, 1.82) is 0 Å². The van der Waals surface area contributed by atoms with E-state index in [0.717, 1.165) is 49.4 Å². The van der Waals surface area contributed by atoms with Crippen molar-refractivity contribution >= 4 is 17.2 Å². The van der Waals surface area contributed by atoms with E-state index in [1.165, 1.54) is 16.0 Å². The zero-order chi connectivity index (χ0) is 20.4. The minimum atomic E-state index is 0.0434. The Morgan fingerprint density at radius 3 is 2.93 bits per heavy atom. The molecule has 0 fully saturated rings. The third-order valence-electron chi connectivity index (χ3n) is 5.35. The van der Waals surface area contributed by atoms with E-state index in [9.17, 15) is 4.79 Å². The van der Waals surface area contributed by atoms with Crippen molar-refractivity contribution in [3.8, 4) is 0 Å². The molecule has 0 spiro atoms. The van der Waals surface area contributed by atoms with Crippen molar-refractivity contribution in [2.24, 2.45) is 0 Å². The molecular formula is C22H26N4O2S. The van der Waals surface area contributed by atoms with Crippen molar-refractivity contribution < 1.29 is 9.32 Å². The van der Waals surface area contributed by atoms with E-state index in [1.54, 1.807) is 16.2 Å². The molecule has 0 radical (unpaired) electrons. The number of hydrogen-bond donors (Lipinski definition) is 0. The Morgan fingerprint density at radius 1 is 1.38 bits per heavy atom. The predicted molar refractivity (Wildman–Crippen MR) is 113 cm³/mol. The van der Waals surface area contributed by atoms with Gasteiger partial charge in [0.05, 0.1) is 23.5 Å². The summed E-state index contributed by atoms with van der Waals surface area (Å²) in [6, 6.07) is 6.15. The van der Waals surface area contributed by atoms with Gasteiger partial charge in [-0.1, -0.05) is 18.1 Å². The molecule has 1 amide bonds. The maximum atomic E-state index is 13.0. The molecule has 0 aliphatic carbocycles. The van der Waals surface area contributed by atoms with Crippen LogP contribution in [0.3, 0.4) is 0 Å². The predicted octanol–water partition coefficient (Wildman–Crippen LogP) is 3.83. The van der Waals surface area contributed by atoms with Crippen LogP contribution in [-0.2, 0) is 32.5 Å². The van der Waals surface area contributed by atoms with Crippen LogP contribution < -0.4 is 0 Å². The molecule has 0 saturated heterocycles. The molecule has 0 bridgehead atoms. The van der Waals surface area contributed by atoms with Gasteiger partial charge >= 0.3 is 0 Å². The third kappa shape index (κ3) is 4.41. The topological polar surface area (TPSA) is 62.5 Å². The number of carbonyl (C=O) groups excluding carboxylic acids is 1. The van der Waals surface area contributed by atoms with Crippen LogP contribution in [-0.4, -0.2) is 39.4 Å². The molecule has 3 aromatic rings. The molecule has 7 heteroatoms. The smallest absolute Gasteiger partial charge is 0.255 e. The van der Waals surface area contributed by atoms with E-state index in [-0.39, 0.29) is 5.91 Å². The summed E-state index contributed by atoms with van der Waals surface area (Å²) in [7, 11) is 1.81. The molecule has 1 aliphatic heterocycles. The summed E-state index contributed by atoms with van der Waals surface area (Å²) in [6.07, 6.45) is 3.87. The lowest BCUT2D eigenvalue weighted by atomic mass is 10.0. The fraction of sp³-hybridized carbons (Fsp3) is 0.409. The minimum absolute atomic E-state index is 0.0434. The van der Waals surface area contributed by atoms with Gasteiger partial charge in [-0.25, -0.2) is 0 Å². The summed E-state index contributed by atoms with van der Waals surface area (Å²) >= 11 is 1.68. The van der Waals surface area contributed by atoms with Crippen LogP contribution in [0, 0.1) is 6.92 Å². The molecular weight excluding hydrogens is 384 g/mol. The first-order valence-electron chi connectivity index (χ1n) is 9.96. The van der Waals surface area contributed by atoms with Crippen molar-refractivity contribution in [3.63, 3.8) is 0 Å². The highest BCUT2D eigenvalue weighted by atomic mass is 32.1. The molecule has 4 heterocycles. The van der Waals surface area contributed by atoms with E-state index in [1.807, 2.05) is 31.6 Å². The van der Waals surface area contributed by atoms with E-state index in [0.29, 0.717) is 12.3 Å². The van der Waals surface area contributed by atoms with Gasteiger partial charge in [-0.2, -0.15) is 0 Å². The number of fused-ring (bicyclic) bond motifs is 1. The molecule has 0 N–H and O–H groups in total. The maximum absolute atomic E-state index is 13.0. The van der Waals surface area contributed by atoms with Gasteiger partial charge in [0.15, 0.2) is 5.76 Å². The first-order valence-corrected chi connectivity index (χ1v) is 10.8. The Hall–Kier alpha value is -2.51. The number of pyridine rings is 1. The van der Waals surface area contributed by atoms with Crippen molar-refractivity contribution in [2.45, 2.75) is 46.3 Å². The highest BCUT2D eigenvalue weighted by Gasteiger charge is 2.26. The van der Waals surface area contributed by atoms with Gasteiger partial charge < -0.3 is 9.42 Å². The second-order valence-corrected chi connectivity index (χ2v) is 8.58. The van der Waals surface area contributed by atoms with Gasteiger partial charge in [0.2, 0.25) is 0 Å². The summed E-state index contributed by atoms with van der Waals surface area (Å²) in [4.78, 5) is 22.9. The largest absolute Gasteiger partial charge is 0.359 e. The summed E-state index contributed by atoms with van der Waals surface area (Å²) in [5.41, 5.74) is 5.22. The molecule has 6 nitrogen and oxygen atoms in total. The highest BCUT2D eigenvalue weighted by molar-refractivity contribution is 7.10. The first-order chi connectivity index (χ1) is 14.0. The normalized spacial score (nSPS) is 14.0. The van der Waals surface area contributed by atoms with Crippen molar-refractivity contribution in [2.75, 3.05) is 13.6 Å². The van der Waals surface area contributed by atoms with Gasteiger partial charge in [-0.3, -0.25) is 14.7 Å². The molecule has 4 rings (SSSR count). The first kappa shape index (κ1) is 19.8.